The molecule has 1 aliphatic heterocycles. The molecule has 2 amide bonds. The van der Waals surface area contributed by atoms with Crippen molar-refractivity contribution in [2.45, 2.75) is 40.3 Å². The lowest BCUT2D eigenvalue weighted by molar-refractivity contribution is -0.121. The number of Topliss-reactive ketones (excluding diaryl/α,β-unsaturated/α-hetero) is 1. The first-order chi connectivity index (χ1) is 13.3. The Morgan fingerprint density at radius 2 is 1.93 bits per heavy atom. The molecule has 2 aromatic rings. The molecule has 148 valence electrons. The predicted octanol–water partition coefficient (Wildman–Crippen LogP) is 3.18. The molecule has 0 spiro atoms. The molecule has 7 nitrogen and oxygen atoms in total. The van der Waals surface area contributed by atoms with Gasteiger partial charge in [0.25, 0.3) is 11.8 Å². The molecule has 0 radical (unpaired) electrons. The lowest BCUT2D eigenvalue weighted by Crippen LogP contribution is -2.38. The number of nitrogens with one attached hydrogen (secondary N) is 1. The molecule has 2 heterocycles. The Balaban J connectivity index is 1.80. The summed E-state index contributed by atoms with van der Waals surface area (Å²) < 4.78 is 11.1. The predicted molar refractivity (Wildman–Crippen MR) is 104 cm³/mol. The first kappa shape index (κ1) is 19.7. The van der Waals surface area contributed by atoms with E-state index in [9.17, 15) is 14.4 Å². The minimum Gasteiger partial charge on any atom is -0.482 e. The summed E-state index contributed by atoms with van der Waals surface area (Å²) in [5.41, 5.74) is 1.00. The number of fused-ring (bicyclic) bond motifs is 1. The van der Waals surface area contributed by atoms with Crippen LogP contribution in [0.2, 0.25) is 0 Å². The van der Waals surface area contributed by atoms with Gasteiger partial charge in [-0.2, -0.15) is 0 Å². The molecule has 1 aliphatic rings. The van der Waals surface area contributed by atoms with Gasteiger partial charge in [0.15, 0.2) is 18.2 Å². The van der Waals surface area contributed by atoms with E-state index in [0.717, 1.165) is 0 Å². The average molecular weight is 384 g/mol. The van der Waals surface area contributed by atoms with Crippen molar-refractivity contribution in [1.29, 1.82) is 0 Å². The van der Waals surface area contributed by atoms with Gasteiger partial charge in [-0.25, -0.2) is 0 Å². The van der Waals surface area contributed by atoms with E-state index in [1.807, 2.05) is 20.8 Å². The highest BCUT2D eigenvalue weighted by atomic mass is 16.5. The molecule has 7 heteroatoms. The molecule has 3 rings (SSSR count). The van der Waals surface area contributed by atoms with Gasteiger partial charge in [-0.1, -0.05) is 13.8 Å². The topological polar surface area (TPSA) is 88.9 Å². The number of nitrogens with zero attached hydrogens (tertiary/aromatic N) is 1. The highest BCUT2D eigenvalue weighted by molar-refractivity contribution is 6.01. The summed E-state index contributed by atoms with van der Waals surface area (Å²) in [6, 6.07) is 8.26. The lowest BCUT2D eigenvalue weighted by Gasteiger charge is -2.29. The number of carbonyl (C=O) groups is 3. The molecule has 1 N–H and O–H groups in total. The molecule has 1 atom stereocenters. The van der Waals surface area contributed by atoms with E-state index in [1.54, 1.807) is 30.3 Å². The van der Waals surface area contributed by atoms with Crippen molar-refractivity contribution in [2.75, 3.05) is 11.5 Å². The van der Waals surface area contributed by atoms with E-state index in [1.165, 1.54) is 11.8 Å². The van der Waals surface area contributed by atoms with Gasteiger partial charge in [0.2, 0.25) is 0 Å². The summed E-state index contributed by atoms with van der Waals surface area (Å²) >= 11 is 0. The second-order valence-corrected chi connectivity index (χ2v) is 7.28. The van der Waals surface area contributed by atoms with Crippen molar-refractivity contribution < 1.29 is 23.5 Å². The molecule has 0 saturated heterocycles. The summed E-state index contributed by atoms with van der Waals surface area (Å²) in [4.78, 5) is 37.9. The molecular formula is C21H24N2O5. The Morgan fingerprint density at radius 1 is 1.18 bits per heavy atom. The van der Waals surface area contributed by atoms with Crippen molar-refractivity contribution in [2.24, 2.45) is 5.92 Å². The molecule has 1 aromatic heterocycles. The van der Waals surface area contributed by atoms with Gasteiger partial charge in [0.05, 0.1) is 12.2 Å². The number of amides is 2. The van der Waals surface area contributed by atoms with Gasteiger partial charge in [-0.3, -0.25) is 19.3 Å². The average Bonchev–Trinajstić information content (AvgIpc) is 3.12. The monoisotopic (exact) mass is 384 g/mol. The van der Waals surface area contributed by atoms with Gasteiger partial charge in [-0.05, 0) is 50.1 Å². The third-order valence-electron chi connectivity index (χ3n) is 4.87. The maximum Gasteiger partial charge on any atom is 0.287 e. The SMILES string of the molecule is CC(=O)c1ccc2c(c1)N(Cc1ccc(C(=O)N[C@H](C)C(C)C)o1)C(=O)CO2. The number of rotatable bonds is 6. The number of anilines is 1. The third kappa shape index (κ3) is 4.08. The van der Waals surface area contributed by atoms with E-state index < -0.39 is 0 Å². The number of hydrogen-bond donors (Lipinski definition) is 1. The van der Waals surface area contributed by atoms with Crippen LogP contribution in [0.5, 0.6) is 5.75 Å². The van der Waals surface area contributed by atoms with Crippen molar-refractivity contribution >= 4 is 23.3 Å². The van der Waals surface area contributed by atoms with Crippen LogP contribution >= 0.6 is 0 Å². The van der Waals surface area contributed by atoms with Crippen LogP contribution in [0.25, 0.3) is 0 Å². The maximum atomic E-state index is 12.4. The van der Waals surface area contributed by atoms with Crippen LogP contribution in [0, 0.1) is 5.92 Å². The van der Waals surface area contributed by atoms with Crippen LogP contribution in [0.4, 0.5) is 5.69 Å². The van der Waals surface area contributed by atoms with E-state index in [-0.39, 0.29) is 42.6 Å². The molecule has 0 saturated carbocycles. The van der Waals surface area contributed by atoms with E-state index in [0.29, 0.717) is 28.7 Å². The van der Waals surface area contributed by atoms with E-state index in [2.05, 4.69) is 5.32 Å². The first-order valence-corrected chi connectivity index (χ1v) is 9.24. The maximum absolute atomic E-state index is 12.4. The van der Waals surface area contributed by atoms with Crippen molar-refractivity contribution in [3.05, 3.63) is 47.4 Å². The Bertz CT molecular complexity index is 915. The molecule has 1 aromatic carbocycles. The number of ether oxygens (including phenoxy) is 1. The second-order valence-electron chi connectivity index (χ2n) is 7.28. The van der Waals surface area contributed by atoms with Gasteiger partial charge >= 0.3 is 0 Å². The summed E-state index contributed by atoms with van der Waals surface area (Å²) in [5, 5.41) is 2.89. The van der Waals surface area contributed by atoms with Gasteiger partial charge in [0.1, 0.15) is 11.5 Å². The fraction of sp³-hybridized carbons (Fsp3) is 0.381. The number of furan rings is 1. The zero-order chi connectivity index (χ0) is 20.4. The van der Waals surface area contributed by atoms with Crippen LogP contribution in [0.1, 0.15) is 54.4 Å². The highest BCUT2D eigenvalue weighted by Crippen LogP contribution is 2.34. The van der Waals surface area contributed by atoms with Crippen molar-refractivity contribution in [3.8, 4) is 5.75 Å². The van der Waals surface area contributed by atoms with Gasteiger partial charge < -0.3 is 14.5 Å². The highest BCUT2D eigenvalue weighted by Gasteiger charge is 2.27. The molecule has 0 aliphatic carbocycles. The molecule has 28 heavy (non-hydrogen) atoms. The fourth-order valence-electron chi connectivity index (χ4n) is 2.78. The Morgan fingerprint density at radius 3 is 2.61 bits per heavy atom. The molecule has 0 fully saturated rings. The number of ketones is 1. The molecule has 0 unspecified atom stereocenters. The number of benzene rings is 1. The quantitative estimate of drug-likeness (QED) is 0.773. The smallest absolute Gasteiger partial charge is 0.287 e. The Kier molecular flexibility index (Phi) is 5.53. The standard InChI is InChI=1S/C21H24N2O5/c1-12(2)13(3)22-21(26)19-8-6-16(28-19)10-23-17-9-15(14(4)24)5-7-18(17)27-11-20(23)25/h5-9,12-13H,10-11H2,1-4H3,(H,22,26)/t13-/m1/s1. The van der Waals surface area contributed by atoms with Crippen LogP contribution < -0.4 is 15.0 Å². The fourth-order valence-corrected chi connectivity index (χ4v) is 2.78. The summed E-state index contributed by atoms with van der Waals surface area (Å²) in [5.74, 6) is 0.856. The summed E-state index contributed by atoms with van der Waals surface area (Å²) in [7, 11) is 0. The normalized spacial score (nSPS) is 14.5. The molecular weight excluding hydrogens is 360 g/mol. The summed E-state index contributed by atoms with van der Waals surface area (Å²) in [6.45, 7) is 7.50. The van der Waals surface area contributed by atoms with Crippen LogP contribution in [-0.4, -0.2) is 30.2 Å². The van der Waals surface area contributed by atoms with E-state index in [4.69, 9.17) is 9.15 Å². The van der Waals surface area contributed by atoms with Crippen LogP contribution in [-0.2, 0) is 11.3 Å². The third-order valence-corrected chi connectivity index (χ3v) is 4.87. The largest absolute Gasteiger partial charge is 0.482 e. The zero-order valence-corrected chi connectivity index (χ0v) is 16.4. The number of hydrogen-bond acceptors (Lipinski definition) is 5. The minimum absolute atomic E-state index is 0.0127. The number of carbonyl (C=O) groups excluding carboxylic acids is 3. The Labute approximate surface area is 163 Å². The zero-order valence-electron chi connectivity index (χ0n) is 16.4. The van der Waals surface area contributed by atoms with Crippen molar-refractivity contribution in [3.63, 3.8) is 0 Å². The summed E-state index contributed by atoms with van der Waals surface area (Å²) in [6.07, 6.45) is 0. The van der Waals surface area contributed by atoms with E-state index >= 15 is 0 Å². The van der Waals surface area contributed by atoms with Crippen LogP contribution in [0.15, 0.2) is 34.7 Å². The minimum atomic E-state index is -0.292. The first-order valence-electron chi connectivity index (χ1n) is 9.24. The van der Waals surface area contributed by atoms with Crippen molar-refractivity contribution in [1.82, 2.24) is 5.32 Å². The second kappa shape index (κ2) is 7.88. The lowest BCUT2D eigenvalue weighted by atomic mass is 10.1. The van der Waals surface area contributed by atoms with Crippen LogP contribution in [0.3, 0.4) is 0 Å². The Hall–Kier alpha value is -3.09. The van der Waals surface area contributed by atoms with Gasteiger partial charge in [-0.15, -0.1) is 0 Å². The van der Waals surface area contributed by atoms with Gasteiger partial charge in [0, 0.05) is 11.6 Å². The molecule has 0 bridgehead atoms.